The lowest BCUT2D eigenvalue weighted by atomic mass is 10.5. The Bertz CT molecular complexity index is 72.5. The van der Waals surface area contributed by atoms with Gasteiger partial charge in [-0.25, -0.2) is 0 Å². The van der Waals surface area contributed by atoms with E-state index in [1.165, 1.54) is 0 Å². The highest BCUT2D eigenvalue weighted by Crippen LogP contribution is 1.97. The molecule has 0 nitrogen and oxygen atoms in total. The molecule has 0 amide bonds. The first-order valence-corrected chi connectivity index (χ1v) is 3.23. The first-order valence-electron chi connectivity index (χ1n) is 2.79. The number of hydrogen-bond donors (Lipinski definition) is 1. The first kappa shape index (κ1) is 10.7. The second-order valence-electron chi connectivity index (χ2n) is 0.918. The van der Waals surface area contributed by atoms with Crippen molar-refractivity contribution in [2.24, 2.45) is 0 Å². The van der Waals surface area contributed by atoms with Crippen LogP contribution in [-0.2, 0) is 0 Å². The molecule has 0 heterocycles. The maximum absolute atomic E-state index is 3.97. The summed E-state index contributed by atoms with van der Waals surface area (Å²) in [7, 11) is 0. The van der Waals surface area contributed by atoms with E-state index in [0.29, 0.717) is 0 Å². The van der Waals surface area contributed by atoms with E-state index in [1.54, 1.807) is 6.08 Å². The summed E-state index contributed by atoms with van der Waals surface area (Å²) in [4.78, 5) is 0.926. The zero-order chi connectivity index (χ0) is 6.99. The molecule has 0 aliphatic carbocycles. The second kappa shape index (κ2) is 9.95. The summed E-state index contributed by atoms with van der Waals surface area (Å²) >= 11 is 3.97. The van der Waals surface area contributed by atoms with E-state index in [9.17, 15) is 0 Å². The van der Waals surface area contributed by atoms with Crippen LogP contribution in [-0.4, -0.2) is 0 Å². The van der Waals surface area contributed by atoms with Crippen molar-refractivity contribution in [3.63, 3.8) is 0 Å². The monoisotopic (exact) mass is 130 g/mol. The Morgan fingerprint density at radius 2 is 1.88 bits per heavy atom. The molecule has 8 heavy (non-hydrogen) atoms. The lowest BCUT2D eigenvalue weighted by molar-refractivity contribution is 1.50. The van der Waals surface area contributed by atoms with Crippen LogP contribution in [0.15, 0.2) is 23.6 Å². The molecule has 0 spiro atoms. The standard InChI is InChI=1S/C5H8S.C2H6/c1-3-5(6)4-2;1-2/h3-4,6H,1H2,2H3;1-2H3/b5-4+;. The topological polar surface area (TPSA) is 0 Å². The fourth-order valence-corrected chi connectivity index (χ4v) is 0.118. The van der Waals surface area contributed by atoms with Gasteiger partial charge < -0.3 is 0 Å². The quantitative estimate of drug-likeness (QED) is 0.409. The third-order valence-corrected chi connectivity index (χ3v) is 0.946. The minimum absolute atomic E-state index is 0.926. The molecule has 0 atom stereocenters. The molecule has 0 saturated heterocycles. The Morgan fingerprint density at radius 1 is 1.50 bits per heavy atom. The fourth-order valence-electron chi connectivity index (χ4n) is 0.118. The van der Waals surface area contributed by atoms with E-state index in [-0.39, 0.29) is 0 Å². The van der Waals surface area contributed by atoms with Crippen LogP contribution in [0.25, 0.3) is 0 Å². The highest BCUT2D eigenvalue weighted by Gasteiger charge is 1.67. The molecule has 0 aromatic heterocycles. The van der Waals surface area contributed by atoms with E-state index >= 15 is 0 Å². The summed E-state index contributed by atoms with van der Waals surface area (Å²) in [6.45, 7) is 9.41. The minimum Gasteiger partial charge on any atom is -0.144 e. The van der Waals surface area contributed by atoms with Crippen LogP contribution < -0.4 is 0 Å². The Morgan fingerprint density at radius 3 is 1.88 bits per heavy atom. The third kappa shape index (κ3) is 9.27. The van der Waals surface area contributed by atoms with E-state index in [4.69, 9.17) is 0 Å². The number of rotatable bonds is 1. The Balaban J connectivity index is 0. The summed E-state index contributed by atoms with van der Waals surface area (Å²) < 4.78 is 0. The molecule has 48 valence electrons. The van der Waals surface area contributed by atoms with Gasteiger partial charge in [0.2, 0.25) is 0 Å². The minimum atomic E-state index is 0.926. The van der Waals surface area contributed by atoms with Crippen molar-refractivity contribution in [2.75, 3.05) is 0 Å². The van der Waals surface area contributed by atoms with Crippen molar-refractivity contribution in [1.82, 2.24) is 0 Å². The number of allylic oxidation sites excluding steroid dienone is 2. The molecule has 0 aliphatic heterocycles. The molecule has 0 rings (SSSR count). The first-order chi connectivity index (χ1) is 3.81. The van der Waals surface area contributed by atoms with Crippen LogP contribution in [0.1, 0.15) is 20.8 Å². The molecular formula is C7H14S. The molecule has 0 saturated carbocycles. The van der Waals surface area contributed by atoms with Crippen LogP contribution >= 0.6 is 12.6 Å². The van der Waals surface area contributed by atoms with Gasteiger partial charge in [0.25, 0.3) is 0 Å². The zero-order valence-corrected chi connectivity index (χ0v) is 6.70. The maximum Gasteiger partial charge on any atom is -0.000867 e. The highest BCUT2D eigenvalue weighted by molar-refractivity contribution is 7.84. The average molecular weight is 130 g/mol. The van der Waals surface area contributed by atoms with E-state index in [2.05, 4.69) is 19.2 Å². The lowest BCUT2D eigenvalue weighted by Gasteiger charge is -1.77. The summed E-state index contributed by atoms with van der Waals surface area (Å²) in [5.74, 6) is 0. The van der Waals surface area contributed by atoms with Gasteiger partial charge in [0.15, 0.2) is 0 Å². The fraction of sp³-hybridized carbons (Fsp3) is 0.429. The van der Waals surface area contributed by atoms with Crippen molar-refractivity contribution >= 4 is 12.6 Å². The molecule has 0 fully saturated rings. The van der Waals surface area contributed by atoms with Crippen LogP contribution in [0.4, 0.5) is 0 Å². The lowest BCUT2D eigenvalue weighted by Crippen LogP contribution is -1.51. The summed E-state index contributed by atoms with van der Waals surface area (Å²) in [6, 6.07) is 0. The Kier molecular flexibility index (Phi) is 13.4. The number of thiol groups is 1. The molecule has 1 heteroatoms. The van der Waals surface area contributed by atoms with Crippen molar-refractivity contribution in [2.45, 2.75) is 20.8 Å². The van der Waals surface area contributed by atoms with Gasteiger partial charge in [-0.3, -0.25) is 0 Å². The molecule has 0 bridgehead atoms. The normalized spacial score (nSPS) is 9.25. The summed E-state index contributed by atoms with van der Waals surface area (Å²) in [6.07, 6.45) is 3.58. The van der Waals surface area contributed by atoms with Gasteiger partial charge in [-0.1, -0.05) is 32.6 Å². The smallest absolute Gasteiger partial charge is 0.000867 e. The van der Waals surface area contributed by atoms with Gasteiger partial charge in [-0.2, -0.15) is 0 Å². The van der Waals surface area contributed by atoms with Crippen molar-refractivity contribution in [3.8, 4) is 0 Å². The molecular weight excluding hydrogens is 116 g/mol. The van der Waals surface area contributed by atoms with Gasteiger partial charge in [0.1, 0.15) is 0 Å². The average Bonchev–Trinajstić information content (AvgIpc) is 1.91. The van der Waals surface area contributed by atoms with Gasteiger partial charge in [0, 0.05) is 0 Å². The molecule has 0 aliphatic rings. The molecule has 0 radical (unpaired) electrons. The van der Waals surface area contributed by atoms with Crippen LogP contribution in [0.5, 0.6) is 0 Å². The van der Waals surface area contributed by atoms with Crippen LogP contribution in [0.3, 0.4) is 0 Å². The van der Waals surface area contributed by atoms with Crippen molar-refractivity contribution in [1.29, 1.82) is 0 Å². The summed E-state index contributed by atoms with van der Waals surface area (Å²) in [5, 5.41) is 0. The summed E-state index contributed by atoms with van der Waals surface area (Å²) in [5.41, 5.74) is 0. The van der Waals surface area contributed by atoms with E-state index in [1.807, 2.05) is 26.8 Å². The third-order valence-electron chi connectivity index (χ3n) is 0.505. The molecule has 0 aromatic carbocycles. The Hall–Kier alpha value is -0.170. The second-order valence-corrected chi connectivity index (χ2v) is 1.43. The van der Waals surface area contributed by atoms with Gasteiger partial charge in [0.05, 0.1) is 0 Å². The van der Waals surface area contributed by atoms with Gasteiger partial charge >= 0.3 is 0 Å². The van der Waals surface area contributed by atoms with Crippen LogP contribution in [0.2, 0.25) is 0 Å². The van der Waals surface area contributed by atoms with E-state index in [0.717, 1.165) is 4.91 Å². The van der Waals surface area contributed by atoms with Gasteiger partial charge in [-0.05, 0) is 11.8 Å². The zero-order valence-electron chi connectivity index (χ0n) is 5.81. The molecule has 0 unspecified atom stereocenters. The van der Waals surface area contributed by atoms with E-state index < -0.39 is 0 Å². The SMILES string of the molecule is C=C/C(S)=C\C.CC. The number of hydrogen-bond acceptors (Lipinski definition) is 1. The molecule has 0 N–H and O–H groups in total. The largest absolute Gasteiger partial charge is 0.144 e. The predicted octanol–water partition coefficient (Wildman–Crippen LogP) is 3.03. The Labute approximate surface area is 57.7 Å². The van der Waals surface area contributed by atoms with Crippen molar-refractivity contribution < 1.29 is 0 Å². The predicted molar refractivity (Wildman–Crippen MR) is 44.3 cm³/mol. The highest BCUT2D eigenvalue weighted by atomic mass is 32.1. The molecule has 0 aromatic rings. The van der Waals surface area contributed by atoms with Crippen molar-refractivity contribution in [3.05, 3.63) is 23.6 Å². The maximum atomic E-state index is 3.97. The van der Waals surface area contributed by atoms with Gasteiger partial charge in [-0.15, -0.1) is 12.6 Å². The van der Waals surface area contributed by atoms with Crippen LogP contribution in [0, 0.1) is 0 Å².